The van der Waals surface area contributed by atoms with Gasteiger partial charge in [0.1, 0.15) is 11.3 Å². The summed E-state index contributed by atoms with van der Waals surface area (Å²) in [5, 5.41) is 12.3. The number of thiophene rings is 1. The first-order valence-electron chi connectivity index (χ1n) is 10.1. The Hall–Kier alpha value is -2.98. The van der Waals surface area contributed by atoms with E-state index in [1.165, 1.54) is 18.4 Å². The van der Waals surface area contributed by atoms with E-state index in [4.69, 9.17) is 40.2 Å². The van der Waals surface area contributed by atoms with Gasteiger partial charge in [0.05, 0.1) is 19.2 Å². The number of benzene rings is 2. The Morgan fingerprint density at radius 1 is 1.12 bits per heavy atom. The summed E-state index contributed by atoms with van der Waals surface area (Å²) in [6, 6.07) is 17.1. The van der Waals surface area contributed by atoms with E-state index in [0.29, 0.717) is 39.5 Å². The van der Waals surface area contributed by atoms with E-state index in [9.17, 15) is 4.79 Å². The fourth-order valence-corrected chi connectivity index (χ4v) is 5.05. The second-order valence-electron chi connectivity index (χ2n) is 7.15. The lowest BCUT2D eigenvalue weighted by Gasteiger charge is -2.08. The Balaban J connectivity index is 1.45. The SMILES string of the molecule is COC(=O)c1cc(Cc2ccccc2)sc1NC(=S)Nc1ncn(Cc2c(Cl)cccc2Cl)n1. The third-order valence-electron chi connectivity index (χ3n) is 4.78. The molecule has 0 saturated carbocycles. The van der Waals surface area contributed by atoms with Gasteiger partial charge in [-0.15, -0.1) is 16.4 Å². The minimum absolute atomic E-state index is 0.242. The van der Waals surface area contributed by atoms with Crippen LogP contribution in [0.3, 0.4) is 0 Å². The molecule has 0 amide bonds. The van der Waals surface area contributed by atoms with Crippen LogP contribution < -0.4 is 10.6 Å². The molecule has 0 bridgehead atoms. The molecule has 0 fully saturated rings. The van der Waals surface area contributed by atoms with E-state index in [2.05, 4.69) is 20.7 Å². The number of carbonyl (C=O) groups is 1. The molecule has 34 heavy (non-hydrogen) atoms. The van der Waals surface area contributed by atoms with E-state index in [-0.39, 0.29) is 5.11 Å². The van der Waals surface area contributed by atoms with Crippen LogP contribution in [-0.4, -0.2) is 33.0 Å². The third-order valence-corrected chi connectivity index (χ3v) is 6.74. The number of carbonyl (C=O) groups excluding carboxylic acids is 1. The molecular weight excluding hydrogens is 513 g/mol. The van der Waals surface area contributed by atoms with Crippen LogP contribution in [0, 0.1) is 0 Å². The molecule has 2 aromatic heterocycles. The van der Waals surface area contributed by atoms with Crippen molar-refractivity contribution >= 4 is 68.8 Å². The van der Waals surface area contributed by atoms with Crippen molar-refractivity contribution in [1.82, 2.24) is 14.8 Å². The lowest BCUT2D eigenvalue weighted by Crippen LogP contribution is -2.20. The molecule has 2 aromatic carbocycles. The maximum Gasteiger partial charge on any atom is 0.340 e. The van der Waals surface area contributed by atoms with Crippen molar-refractivity contribution in [2.45, 2.75) is 13.0 Å². The number of ether oxygens (including phenoxy) is 1. The highest BCUT2D eigenvalue weighted by Gasteiger charge is 2.18. The molecule has 0 radical (unpaired) electrons. The summed E-state index contributed by atoms with van der Waals surface area (Å²) < 4.78 is 6.53. The van der Waals surface area contributed by atoms with Gasteiger partial charge in [-0.25, -0.2) is 14.5 Å². The van der Waals surface area contributed by atoms with Crippen molar-refractivity contribution in [3.63, 3.8) is 0 Å². The van der Waals surface area contributed by atoms with Crippen molar-refractivity contribution in [3.05, 3.63) is 92.5 Å². The Labute approximate surface area is 215 Å². The van der Waals surface area contributed by atoms with Gasteiger partial charge in [0.15, 0.2) is 5.11 Å². The highest BCUT2D eigenvalue weighted by molar-refractivity contribution is 7.80. The highest BCUT2D eigenvalue weighted by Crippen LogP contribution is 2.31. The molecule has 0 unspecified atom stereocenters. The first kappa shape index (κ1) is 24.2. The first-order valence-corrected chi connectivity index (χ1v) is 12.1. The van der Waals surface area contributed by atoms with E-state index in [1.54, 1.807) is 29.2 Å². The van der Waals surface area contributed by atoms with Gasteiger partial charge in [0, 0.05) is 26.9 Å². The minimum atomic E-state index is -0.445. The number of anilines is 2. The van der Waals surface area contributed by atoms with Crippen LogP contribution in [0.4, 0.5) is 10.9 Å². The van der Waals surface area contributed by atoms with Gasteiger partial charge in [-0.3, -0.25) is 5.32 Å². The number of esters is 1. The Bertz CT molecular complexity index is 1300. The largest absolute Gasteiger partial charge is 0.465 e. The summed E-state index contributed by atoms with van der Waals surface area (Å²) in [6.07, 6.45) is 2.24. The van der Waals surface area contributed by atoms with E-state index < -0.39 is 5.97 Å². The van der Waals surface area contributed by atoms with Crippen LogP contribution in [0.1, 0.15) is 26.4 Å². The molecule has 0 aliphatic rings. The standard InChI is InChI=1S/C23H19Cl2N5O2S2/c1-32-21(31)16-11-15(10-14-6-3-2-4-7-14)34-20(16)27-23(33)28-22-26-13-30(29-22)12-17-18(24)8-5-9-19(17)25/h2-9,11,13H,10,12H2,1H3,(H2,27,28,29,33). The lowest BCUT2D eigenvalue weighted by molar-refractivity contribution is 0.0602. The molecule has 11 heteroatoms. The molecule has 0 spiro atoms. The summed E-state index contributed by atoms with van der Waals surface area (Å²) in [4.78, 5) is 17.5. The number of thiocarbonyl (C=S) groups is 1. The van der Waals surface area contributed by atoms with E-state index in [1.807, 2.05) is 36.4 Å². The van der Waals surface area contributed by atoms with Gasteiger partial charge in [-0.2, -0.15) is 0 Å². The van der Waals surface area contributed by atoms with Gasteiger partial charge in [0.25, 0.3) is 0 Å². The van der Waals surface area contributed by atoms with Crippen molar-refractivity contribution < 1.29 is 9.53 Å². The molecule has 7 nitrogen and oxygen atoms in total. The molecular formula is C23H19Cl2N5O2S2. The maximum absolute atomic E-state index is 12.3. The van der Waals surface area contributed by atoms with Crippen LogP contribution in [-0.2, 0) is 17.7 Å². The van der Waals surface area contributed by atoms with Crippen LogP contribution in [0.25, 0.3) is 0 Å². The summed E-state index contributed by atoms with van der Waals surface area (Å²) in [7, 11) is 1.35. The smallest absolute Gasteiger partial charge is 0.340 e. The topological polar surface area (TPSA) is 81.1 Å². The molecule has 2 N–H and O–H groups in total. The van der Waals surface area contributed by atoms with Crippen molar-refractivity contribution in [1.29, 1.82) is 0 Å². The number of nitrogens with zero attached hydrogens (tertiary/aromatic N) is 3. The maximum atomic E-state index is 12.3. The van der Waals surface area contributed by atoms with E-state index >= 15 is 0 Å². The van der Waals surface area contributed by atoms with Gasteiger partial charge in [0.2, 0.25) is 5.95 Å². The van der Waals surface area contributed by atoms with Crippen molar-refractivity contribution in [2.75, 3.05) is 17.7 Å². The second-order valence-corrected chi connectivity index (χ2v) is 9.51. The molecule has 0 atom stereocenters. The summed E-state index contributed by atoms with van der Waals surface area (Å²) >= 11 is 19.3. The second kappa shape index (κ2) is 11.0. The Morgan fingerprint density at radius 3 is 2.56 bits per heavy atom. The summed E-state index contributed by atoms with van der Waals surface area (Å²) in [6.45, 7) is 0.355. The lowest BCUT2D eigenvalue weighted by atomic mass is 10.1. The monoisotopic (exact) mass is 531 g/mol. The minimum Gasteiger partial charge on any atom is -0.465 e. The highest BCUT2D eigenvalue weighted by atomic mass is 35.5. The fraction of sp³-hybridized carbons (Fsp3) is 0.130. The van der Waals surface area contributed by atoms with Crippen molar-refractivity contribution in [3.8, 4) is 0 Å². The summed E-state index contributed by atoms with van der Waals surface area (Å²) in [5.41, 5.74) is 2.30. The molecule has 4 rings (SSSR count). The van der Waals surface area contributed by atoms with E-state index in [0.717, 1.165) is 16.0 Å². The molecule has 174 valence electrons. The van der Waals surface area contributed by atoms with Gasteiger partial charge >= 0.3 is 5.97 Å². The number of hydrogen-bond acceptors (Lipinski definition) is 6. The summed E-state index contributed by atoms with van der Waals surface area (Å²) in [5.74, 6) is -0.152. The number of halogens is 2. The third kappa shape index (κ3) is 5.92. The zero-order chi connectivity index (χ0) is 24.1. The number of aromatic nitrogens is 3. The number of rotatable bonds is 7. The predicted molar refractivity (Wildman–Crippen MR) is 140 cm³/mol. The van der Waals surface area contributed by atoms with Crippen LogP contribution in [0.2, 0.25) is 10.0 Å². The Morgan fingerprint density at radius 2 is 1.85 bits per heavy atom. The molecule has 4 aromatic rings. The number of methoxy groups -OCH3 is 1. The molecule has 0 aliphatic carbocycles. The van der Waals surface area contributed by atoms with Crippen LogP contribution in [0.5, 0.6) is 0 Å². The average molecular weight is 532 g/mol. The van der Waals surface area contributed by atoms with Gasteiger partial charge in [-0.05, 0) is 36.0 Å². The molecule has 0 aliphatic heterocycles. The van der Waals surface area contributed by atoms with Crippen LogP contribution >= 0.6 is 46.8 Å². The number of nitrogens with one attached hydrogen (secondary N) is 2. The first-order chi connectivity index (χ1) is 16.4. The fourth-order valence-electron chi connectivity index (χ4n) is 3.19. The van der Waals surface area contributed by atoms with Crippen molar-refractivity contribution in [2.24, 2.45) is 0 Å². The number of hydrogen-bond donors (Lipinski definition) is 2. The van der Waals surface area contributed by atoms with Gasteiger partial charge < -0.3 is 10.1 Å². The Kier molecular flexibility index (Phi) is 7.79. The van der Waals surface area contributed by atoms with Crippen LogP contribution in [0.15, 0.2) is 60.9 Å². The molecule has 0 saturated heterocycles. The zero-order valence-corrected chi connectivity index (χ0v) is 21.1. The average Bonchev–Trinajstić information content (AvgIpc) is 3.43. The predicted octanol–water partition coefficient (Wildman–Crippen LogP) is 5.88. The quantitative estimate of drug-likeness (QED) is 0.227. The normalized spacial score (nSPS) is 10.7. The zero-order valence-electron chi connectivity index (χ0n) is 17.9. The van der Waals surface area contributed by atoms with Gasteiger partial charge in [-0.1, -0.05) is 59.6 Å². The molecule has 2 heterocycles.